The molecular formula is C18H29IN4O2. The number of benzene rings is 1. The number of guanidine groups is 1. The van der Waals surface area contributed by atoms with Gasteiger partial charge in [-0.05, 0) is 43.9 Å². The lowest BCUT2D eigenvalue weighted by molar-refractivity contribution is 0.314. The first-order chi connectivity index (χ1) is 11.7. The third-order valence-electron chi connectivity index (χ3n) is 4.81. The Morgan fingerprint density at radius 1 is 1.20 bits per heavy atom. The van der Waals surface area contributed by atoms with Gasteiger partial charge in [0.25, 0.3) is 0 Å². The number of methoxy groups -OCH3 is 2. The molecule has 1 aliphatic heterocycles. The Morgan fingerprint density at radius 3 is 2.60 bits per heavy atom. The largest absolute Gasteiger partial charge is 0.493 e. The number of likely N-dealkylation sites (tertiary alicyclic amines) is 1. The number of hydrogen-bond donors (Lipinski definition) is 2. The average molecular weight is 460 g/mol. The van der Waals surface area contributed by atoms with Crippen LogP contribution >= 0.6 is 24.0 Å². The van der Waals surface area contributed by atoms with Crippen LogP contribution in [0.25, 0.3) is 0 Å². The molecule has 1 unspecified atom stereocenters. The van der Waals surface area contributed by atoms with Crippen LogP contribution in [0.3, 0.4) is 0 Å². The molecule has 1 heterocycles. The minimum absolute atomic E-state index is 0. The lowest BCUT2D eigenvalue weighted by atomic mass is 10.1. The van der Waals surface area contributed by atoms with Gasteiger partial charge in [-0.2, -0.15) is 0 Å². The van der Waals surface area contributed by atoms with E-state index in [4.69, 9.17) is 9.47 Å². The van der Waals surface area contributed by atoms with Gasteiger partial charge < -0.3 is 25.0 Å². The maximum absolute atomic E-state index is 5.34. The van der Waals surface area contributed by atoms with Crippen LogP contribution in [0.2, 0.25) is 0 Å². The van der Waals surface area contributed by atoms with Crippen LogP contribution in [0.1, 0.15) is 19.3 Å². The van der Waals surface area contributed by atoms with Crippen LogP contribution < -0.4 is 20.1 Å². The van der Waals surface area contributed by atoms with Gasteiger partial charge in [-0.25, -0.2) is 0 Å². The zero-order chi connectivity index (χ0) is 16.9. The first-order valence-corrected chi connectivity index (χ1v) is 8.67. The van der Waals surface area contributed by atoms with Crippen molar-refractivity contribution < 1.29 is 9.47 Å². The van der Waals surface area contributed by atoms with Gasteiger partial charge >= 0.3 is 0 Å². The maximum atomic E-state index is 5.34. The highest BCUT2D eigenvalue weighted by molar-refractivity contribution is 14.0. The Hall–Kier alpha value is -1.22. The molecule has 1 aromatic carbocycles. The second kappa shape index (κ2) is 9.47. The molecule has 2 fully saturated rings. The van der Waals surface area contributed by atoms with Crippen LogP contribution in [0.5, 0.6) is 11.5 Å². The summed E-state index contributed by atoms with van der Waals surface area (Å²) in [6, 6.07) is 6.63. The molecule has 1 aliphatic carbocycles. The number of aliphatic imine (C=N–C) groups is 1. The van der Waals surface area contributed by atoms with Gasteiger partial charge in [0.2, 0.25) is 0 Å². The summed E-state index contributed by atoms with van der Waals surface area (Å²) < 4.78 is 10.6. The molecule has 2 aliphatic rings. The van der Waals surface area contributed by atoms with E-state index in [9.17, 15) is 0 Å². The first-order valence-electron chi connectivity index (χ1n) is 8.67. The van der Waals surface area contributed by atoms with Gasteiger partial charge in [-0.3, -0.25) is 4.99 Å². The van der Waals surface area contributed by atoms with Crippen molar-refractivity contribution in [1.82, 2.24) is 10.2 Å². The molecule has 25 heavy (non-hydrogen) atoms. The third kappa shape index (κ3) is 5.37. The van der Waals surface area contributed by atoms with Crippen molar-refractivity contribution in [3.05, 3.63) is 18.2 Å². The molecule has 7 heteroatoms. The quantitative estimate of drug-likeness (QED) is 0.389. The number of anilines is 1. The molecule has 0 aromatic heterocycles. The van der Waals surface area contributed by atoms with Crippen molar-refractivity contribution in [2.24, 2.45) is 10.9 Å². The third-order valence-corrected chi connectivity index (χ3v) is 4.81. The number of rotatable bonds is 6. The number of nitrogens with one attached hydrogen (secondary N) is 2. The highest BCUT2D eigenvalue weighted by Gasteiger charge is 2.34. The number of hydrogen-bond acceptors (Lipinski definition) is 4. The van der Waals surface area contributed by atoms with Crippen LogP contribution in [0, 0.1) is 5.92 Å². The smallest absolute Gasteiger partial charge is 0.195 e. The van der Waals surface area contributed by atoms with Crippen molar-refractivity contribution in [2.45, 2.75) is 25.3 Å². The van der Waals surface area contributed by atoms with E-state index >= 15 is 0 Å². The zero-order valence-corrected chi connectivity index (χ0v) is 17.6. The second-order valence-corrected chi connectivity index (χ2v) is 6.53. The van der Waals surface area contributed by atoms with Gasteiger partial charge in [0.05, 0.1) is 14.2 Å². The topological polar surface area (TPSA) is 58.1 Å². The molecule has 0 bridgehead atoms. The summed E-state index contributed by atoms with van der Waals surface area (Å²) in [4.78, 5) is 6.95. The summed E-state index contributed by atoms with van der Waals surface area (Å²) in [7, 11) is 5.07. The number of halogens is 1. The molecular weight excluding hydrogens is 431 g/mol. The SMILES string of the molecule is CN=C(NCC1CCN(C2CC2)C1)Nc1ccc(OC)c(OC)c1.I. The zero-order valence-electron chi connectivity index (χ0n) is 15.2. The van der Waals surface area contributed by atoms with Crippen LogP contribution in [-0.2, 0) is 0 Å². The molecule has 3 rings (SSSR count). The van der Waals surface area contributed by atoms with E-state index in [1.807, 2.05) is 18.2 Å². The van der Waals surface area contributed by atoms with Crippen LogP contribution in [0.15, 0.2) is 23.2 Å². The number of ether oxygens (including phenoxy) is 2. The molecule has 0 amide bonds. The average Bonchev–Trinajstić information content (AvgIpc) is 3.36. The summed E-state index contributed by atoms with van der Waals surface area (Å²) in [5.74, 6) is 2.91. The van der Waals surface area contributed by atoms with Crippen LogP contribution in [0.4, 0.5) is 5.69 Å². The second-order valence-electron chi connectivity index (χ2n) is 6.53. The minimum atomic E-state index is 0. The van der Waals surface area contributed by atoms with Gasteiger partial charge in [0, 0.05) is 37.9 Å². The monoisotopic (exact) mass is 460 g/mol. The van der Waals surface area contributed by atoms with Crippen molar-refractivity contribution in [3.8, 4) is 11.5 Å². The maximum Gasteiger partial charge on any atom is 0.195 e. The van der Waals surface area contributed by atoms with E-state index in [0.717, 1.165) is 30.0 Å². The van der Waals surface area contributed by atoms with Crippen molar-refractivity contribution in [1.29, 1.82) is 0 Å². The molecule has 1 saturated heterocycles. The Bertz CT molecular complexity index is 592. The van der Waals surface area contributed by atoms with E-state index in [1.165, 1.54) is 32.4 Å². The van der Waals surface area contributed by atoms with E-state index in [-0.39, 0.29) is 24.0 Å². The van der Waals surface area contributed by atoms with E-state index in [0.29, 0.717) is 11.7 Å². The summed E-state index contributed by atoms with van der Waals surface area (Å²) in [5.41, 5.74) is 0.923. The molecule has 140 valence electrons. The molecule has 0 radical (unpaired) electrons. The van der Waals surface area contributed by atoms with Crippen molar-refractivity contribution in [3.63, 3.8) is 0 Å². The lowest BCUT2D eigenvalue weighted by Crippen LogP contribution is -2.35. The lowest BCUT2D eigenvalue weighted by Gasteiger charge is -2.17. The van der Waals surface area contributed by atoms with E-state index in [2.05, 4.69) is 20.5 Å². The minimum Gasteiger partial charge on any atom is -0.493 e. The van der Waals surface area contributed by atoms with Gasteiger partial charge in [-0.15, -0.1) is 24.0 Å². The molecule has 1 aromatic rings. The molecule has 6 nitrogen and oxygen atoms in total. The fraction of sp³-hybridized carbons (Fsp3) is 0.611. The predicted molar refractivity (Wildman–Crippen MR) is 113 cm³/mol. The highest BCUT2D eigenvalue weighted by atomic mass is 127. The van der Waals surface area contributed by atoms with Gasteiger partial charge in [0.1, 0.15) is 0 Å². The van der Waals surface area contributed by atoms with E-state index in [1.54, 1.807) is 21.3 Å². The Labute approximate surface area is 167 Å². The first kappa shape index (κ1) is 20.1. The Balaban J connectivity index is 0.00000225. The summed E-state index contributed by atoms with van der Waals surface area (Å²) in [6.07, 6.45) is 4.06. The van der Waals surface area contributed by atoms with Gasteiger partial charge in [0.15, 0.2) is 17.5 Å². The summed E-state index contributed by atoms with van der Waals surface area (Å²) in [6.45, 7) is 3.42. The molecule has 0 spiro atoms. The van der Waals surface area contributed by atoms with Crippen molar-refractivity contribution in [2.75, 3.05) is 46.2 Å². The van der Waals surface area contributed by atoms with Crippen molar-refractivity contribution >= 4 is 35.6 Å². The Morgan fingerprint density at radius 2 is 1.96 bits per heavy atom. The summed E-state index contributed by atoms with van der Waals surface area (Å²) in [5, 5.41) is 6.76. The fourth-order valence-corrected chi connectivity index (χ4v) is 3.27. The number of nitrogens with zero attached hydrogens (tertiary/aromatic N) is 2. The van der Waals surface area contributed by atoms with E-state index < -0.39 is 0 Å². The molecule has 2 N–H and O–H groups in total. The van der Waals surface area contributed by atoms with Crippen LogP contribution in [-0.4, -0.2) is 57.8 Å². The predicted octanol–water partition coefficient (Wildman–Crippen LogP) is 2.79. The molecule has 1 saturated carbocycles. The fourth-order valence-electron chi connectivity index (χ4n) is 3.27. The Kier molecular flexibility index (Phi) is 7.61. The normalized spacial score (nSPS) is 20.8. The molecule has 1 atom stereocenters. The summed E-state index contributed by atoms with van der Waals surface area (Å²) >= 11 is 0. The standard InChI is InChI=1S/C18H28N4O2.HI/c1-19-18(20-11-13-8-9-22(12-13)15-5-6-15)21-14-4-7-16(23-2)17(10-14)24-3;/h4,7,10,13,15H,5-6,8-9,11-12H2,1-3H3,(H2,19,20,21);1H. The highest BCUT2D eigenvalue weighted by Crippen LogP contribution is 2.31. The van der Waals surface area contributed by atoms with Gasteiger partial charge in [-0.1, -0.05) is 0 Å².